The number of ether oxygens (including phenoxy) is 1. The van der Waals surface area contributed by atoms with Crippen LogP contribution in [0.4, 0.5) is 5.82 Å². The summed E-state index contributed by atoms with van der Waals surface area (Å²) in [5, 5.41) is 5.49. The van der Waals surface area contributed by atoms with Gasteiger partial charge in [0.2, 0.25) is 0 Å². The molecule has 24 heavy (non-hydrogen) atoms. The first-order chi connectivity index (χ1) is 11.8. The fraction of sp³-hybridized carbons (Fsp3) is 0.278. The maximum Gasteiger partial charge on any atom is 0.158 e. The monoisotopic (exact) mass is 338 g/mol. The highest BCUT2D eigenvalue weighted by Gasteiger charge is 2.19. The summed E-state index contributed by atoms with van der Waals surface area (Å²) in [5.41, 5.74) is 5.47. The van der Waals surface area contributed by atoms with Crippen molar-refractivity contribution in [2.24, 2.45) is 5.10 Å². The predicted molar refractivity (Wildman–Crippen MR) is 98.3 cm³/mol. The lowest BCUT2D eigenvalue weighted by atomic mass is 9.97. The van der Waals surface area contributed by atoms with Crippen LogP contribution in [-0.2, 0) is 12.8 Å². The van der Waals surface area contributed by atoms with E-state index in [1.54, 1.807) is 31.0 Å². The smallest absolute Gasteiger partial charge is 0.158 e. The molecule has 122 valence electrons. The third-order valence-electron chi connectivity index (χ3n) is 4.23. The van der Waals surface area contributed by atoms with E-state index in [-0.39, 0.29) is 0 Å². The van der Waals surface area contributed by atoms with Gasteiger partial charge in [-0.05, 0) is 48.9 Å². The lowest BCUT2D eigenvalue weighted by molar-refractivity contribution is 0.415. The Kier molecular flexibility index (Phi) is 4.13. The van der Waals surface area contributed by atoms with Gasteiger partial charge in [0, 0.05) is 4.88 Å². The van der Waals surface area contributed by atoms with Crippen LogP contribution < -0.4 is 10.2 Å². The van der Waals surface area contributed by atoms with Crippen LogP contribution in [0.5, 0.6) is 5.75 Å². The fourth-order valence-corrected chi connectivity index (χ4v) is 4.29. The molecule has 6 heteroatoms. The second-order valence-electron chi connectivity index (χ2n) is 5.76. The van der Waals surface area contributed by atoms with Crippen LogP contribution >= 0.6 is 11.3 Å². The topological polar surface area (TPSA) is 59.4 Å². The molecule has 0 unspecified atom stereocenters. The first-order valence-electron chi connectivity index (χ1n) is 8.03. The molecule has 0 saturated heterocycles. The Labute approximate surface area is 144 Å². The van der Waals surface area contributed by atoms with E-state index in [9.17, 15) is 0 Å². The van der Waals surface area contributed by atoms with Crippen LogP contribution in [0.15, 0.2) is 35.7 Å². The summed E-state index contributed by atoms with van der Waals surface area (Å²) in [6, 6.07) is 7.78. The second-order valence-corrected chi connectivity index (χ2v) is 6.84. The molecule has 2 heterocycles. The van der Waals surface area contributed by atoms with Gasteiger partial charge >= 0.3 is 0 Å². The zero-order valence-electron chi connectivity index (χ0n) is 13.5. The zero-order chi connectivity index (χ0) is 16.4. The molecule has 1 aliphatic carbocycles. The Balaban J connectivity index is 1.62. The number of fused-ring (bicyclic) bond motifs is 3. The number of thiophene rings is 1. The van der Waals surface area contributed by atoms with Crippen molar-refractivity contribution in [2.45, 2.75) is 25.7 Å². The molecule has 0 bridgehead atoms. The van der Waals surface area contributed by atoms with Crippen LogP contribution in [0.2, 0.25) is 0 Å². The number of nitrogens with zero attached hydrogens (tertiary/aromatic N) is 3. The lowest BCUT2D eigenvalue weighted by Crippen LogP contribution is -2.01. The molecule has 4 rings (SSSR count). The minimum absolute atomic E-state index is 0.790. The first-order valence-corrected chi connectivity index (χ1v) is 8.85. The third kappa shape index (κ3) is 2.85. The molecule has 3 aromatic rings. The van der Waals surface area contributed by atoms with Crippen LogP contribution in [0, 0.1) is 0 Å². The van der Waals surface area contributed by atoms with Crippen molar-refractivity contribution >= 4 is 33.6 Å². The third-order valence-corrected chi connectivity index (χ3v) is 5.43. The summed E-state index contributed by atoms with van der Waals surface area (Å²) in [4.78, 5) is 11.3. The molecular weight excluding hydrogens is 320 g/mol. The molecular formula is C18H18N4OS. The molecule has 1 N–H and O–H groups in total. The predicted octanol–water partition coefficient (Wildman–Crippen LogP) is 4.02. The number of aromatic nitrogens is 2. The van der Waals surface area contributed by atoms with Gasteiger partial charge in [0.05, 0.1) is 18.7 Å². The van der Waals surface area contributed by atoms with Gasteiger partial charge in [-0.3, -0.25) is 5.43 Å². The Morgan fingerprint density at radius 1 is 1.25 bits per heavy atom. The Morgan fingerprint density at radius 3 is 3.08 bits per heavy atom. The lowest BCUT2D eigenvalue weighted by Gasteiger charge is -2.11. The molecule has 5 nitrogen and oxygen atoms in total. The van der Waals surface area contributed by atoms with Gasteiger partial charge in [-0.2, -0.15) is 5.10 Å². The van der Waals surface area contributed by atoms with Gasteiger partial charge in [0.1, 0.15) is 16.9 Å². The number of hydrazone groups is 1. The minimum Gasteiger partial charge on any atom is -0.497 e. The summed E-state index contributed by atoms with van der Waals surface area (Å²) in [7, 11) is 1.66. The van der Waals surface area contributed by atoms with E-state index >= 15 is 0 Å². The van der Waals surface area contributed by atoms with Crippen molar-refractivity contribution in [3.63, 3.8) is 0 Å². The van der Waals surface area contributed by atoms with Gasteiger partial charge in [0.15, 0.2) is 5.82 Å². The normalized spacial score (nSPS) is 14.0. The van der Waals surface area contributed by atoms with E-state index < -0.39 is 0 Å². The molecule has 0 saturated carbocycles. The molecule has 2 aromatic heterocycles. The maximum atomic E-state index is 5.23. The van der Waals surface area contributed by atoms with E-state index in [1.807, 2.05) is 24.3 Å². The molecule has 0 atom stereocenters. The number of hydrogen-bond acceptors (Lipinski definition) is 6. The zero-order valence-corrected chi connectivity index (χ0v) is 14.3. The number of methoxy groups -OCH3 is 1. The Morgan fingerprint density at radius 2 is 2.17 bits per heavy atom. The quantitative estimate of drug-likeness (QED) is 0.576. The Hall–Kier alpha value is -2.47. The fourth-order valence-electron chi connectivity index (χ4n) is 3.06. The van der Waals surface area contributed by atoms with Crippen molar-refractivity contribution in [2.75, 3.05) is 12.5 Å². The van der Waals surface area contributed by atoms with Crippen molar-refractivity contribution in [1.82, 2.24) is 9.97 Å². The standard InChI is InChI=1S/C18H18N4OS/c1-23-13-6-4-5-12(9-13)10-21-22-17-16-14-7-2-3-8-15(14)24-18(16)20-11-19-17/h4-6,9-11H,2-3,7-8H2,1H3,(H,19,20,22)/b21-10+. The van der Waals surface area contributed by atoms with E-state index in [2.05, 4.69) is 20.5 Å². The van der Waals surface area contributed by atoms with Crippen LogP contribution in [0.25, 0.3) is 10.2 Å². The van der Waals surface area contributed by atoms with Crippen molar-refractivity contribution in [3.05, 3.63) is 46.6 Å². The van der Waals surface area contributed by atoms with Gasteiger partial charge in [-0.25, -0.2) is 9.97 Å². The molecule has 0 radical (unpaired) electrons. The van der Waals surface area contributed by atoms with Crippen molar-refractivity contribution in [1.29, 1.82) is 0 Å². The van der Waals surface area contributed by atoms with Gasteiger partial charge < -0.3 is 4.74 Å². The summed E-state index contributed by atoms with van der Waals surface area (Å²) >= 11 is 1.79. The largest absolute Gasteiger partial charge is 0.497 e. The maximum absolute atomic E-state index is 5.23. The highest BCUT2D eigenvalue weighted by Crippen LogP contribution is 2.38. The first kappa shape index (κ1) is 15.1. The minimum atomic E-state index is 0.790. The molecule has 0 spiro atoms. The van der Waals surface area contributed by atoms with Crippen LogP contribution in [-0.4, -0.2) is 23.3 Å². The highest BCUT2D eigenvalue weighted by atomic mass is 32.1. The number of hydrogen-bond donors (Lipinski definition) is 1. The molecule has 0 aliphatic heterocycles. The van der Waals surface area contributed by atoms with Crippen LogP contribution in [0.1, 0.15) is 28.8 Å². The molecule has 0 fully saturated rings. The number of benzene rings is 1. The molecule has 0 amide bonds. The number of anilines is 1. The average molecular weight is 338 g/mol. The van der Waals surface area contributed by atoms with E-state index in [0.29, 0.717) is 0 Å². The second kappa shape index (κ2) is 6.57. The summed E-state index contributed by atoms with van der Waals surface area (Å²) < 4.78 is 5.23. The SMILES string of the molecule is COc1cccc(/C=N/Nc2ncnc3sc4c(c23)CCCC4)c1. The van der Waals surface area contributed by atoms with Crippen molar-refractivity contribution < 1.29 is 4.74 Å². The van der Waals surface area contributed by atoms with Gasteiger partial charge in [-0.15, -0.1) is 11.3 Å². The molecule has 1 aromatic carbocycles. The van der Waals surface area contributed by atoms with E-state index in [1.165, 1.54) is 23.3 Å². The summed E-state index contributed by atoms with van der Waals surface area (Å²) in [5.74, 6) is 1.61. The highest BCUT2D eigenvalue weighted by molar-refractivity contribution is 7.19. The number of rotatable bonds is 4. The summed E-state index contributed by atoms with van der Waals surface area (Å²) in [6.45, 7) is 0. The van der Waals surface area contributed by atoms with Crippen LogP contribution in [0.3, 0.4) is 0 Å². The Bertz CT molecular complexity index is 903. The van der Waals surface area contributed by atoms with E-state index in [4.69, 9.17) is 4.74 Å². The van der Waals surface area contributed by atoms with E-state index in [0.717, 1.165) is 40.2 Å². The van der Waals surface area contributed by atoms with Crippen molar-refractivity contribution in [3.8, 4) is 5.75 Å². The average Bonchev–Trinajstić information content (AvgIpc) is 3.01. The number of aryl methyl sites for hydroxylation is 2. The molecule has 1 aliphatic rings. The summed E-state index contributed by atoms with van der Waals surface area (Å²) in [6.07, 6.45) is 8.15. The number of nitrogens with one attached hydrogen (secondary N) is 1. The van der Waals surface area contributed by atoms with Gasteiger partial charge in [-0.1, -0.05) is 12.1 Å². The van der Waals surface area contributed by atoms with Gasteiger partial charge in [0.25, 0.3) is 0 Å².